The molecule has 0 spiro atoms. The molecule has 0 radical (unpaired) electrons. The van der Waals surface area contributed by atoms with Crippen molar-refractivity contribution >= 4 is 5.97 Å². The molecule has 1 N–H and O–H groups in total. The molecular weight excluding hydrogens is 238 g/mol. The van der Waals surface area contributed by atoms with Gasteiger partial charge in [0.15, 0.2) is 0 Å². The van der Waals surface area contributed by atoms with Crippen molar-refractivity contribution in [2.45, 2.75) is 39.2 Å². The van der Waals surface area contributed by atoms with Crippen LogP contribution in [0.2, 0.25) is 0 Å². The van der Waals surface area contributed by atoms with Crippen molar-refractivity contribution < 1.29 is 9.90 Å². The Kier molecular flexibility index (Phi) is 4.97. The maximum Gasteiger partial charge on any atom is 0.335 e. The SMILES string of the molecule is CCCCC1CCN(Cc2ccc(C(=O)O)cc2)C1. The summed E-state index contributed by atoms with van der Waals surface area (Å²) < 4.78 is 0. The Bertz CT molecular complexity index is 413. The third kappa shape index (κ3) is 4.06. The number of aromatic carboxylic acids is 1. The molecule has 0 aliphatic carbocycles. The number of benzene rings is 1. The van der Waals surface area contributed by atoms with Gasteiger partial charge in [0.05, 0.1) is 5.56 Å². The first kappa shape index (κ1) is 14.1. The Labute approximate surface area is 115 Å². The number of carbonyl (C=O) groups is 1. The van der Waals surface area contributed by atoms with Crippen LogP contribution >= 0.6 is 0 Å². The molecule has 1 aromatic carbocycles. The fourth-order valence-electron chi connectivity index (χ4n) is 2.80. The maximum atomic E-state index is 10.8. The van der Waals surface area contributed by atoms with Crippen molar-refractivity contribution in [3.63, 3.8) is 0 Å². The van der Waals surface area contributed by atoms with Crippen LogP contribution in [0.3, 0.4) is 0 Å². The summed E-state index contributed by atoms with van der Waals surface area (Å²) in [5, 5.41) is 8.87. The van der Waals surface area contributed by atoms with Crippen LogP contribution in [0.15, 0.2) is 24.3 Å². The molecule has 1 aromatic rings. The van der Waals surface area contributed by atoms with Gasteiger partial charge >= 0.3 is 5.97 Å². The van der Waals surface area contributed by atoms with E-state index in [4.69, 9.17) is 5.11 Å². The van der Waals surface area contributed by atoms with Crippen LogP contribution in [0.4, 0.5) is 0 Å². The lowest BCUT2D eigenvalue weighted by atomic mass is 10.0. The number of hydrogen-bond donors (Lipinski definition) is 1. The van der Waals surface area contributed by atoms with Gasteiger partial charge < -0.3 is 5.11 Å². The molecule has 1 atom stereocenters. The summed E-state index contributed by atoms with van der Waals surface area (Å²) in [6, 6.07) is 7.26. The van der Waals surface area contributed by atoms with Crippen LogP contribution in [0, 0.1) is 5.92 Å². The monoisotopic (exact) mass is 261 g/mol. The molecule has 0 saturated carbocycles. The van der Waals surface area contributed by atoms with E-state index in [1.165, 1.54) is 44.3 Å². The van der Waals surface area contributed by atoms with E-state index >= 15 is 0 Å². The van der Waals surface area contributed by atoms with Crippen LogP contribution < -0.4 is 0 Å². The number of likely N-dealkylation sites (tertiary alicyclic amines) is 1. The van der Waals surface area contributed by atoms with Crippen LogP contribution in [-0.2, 0) is 6.54 Å². The van der Waals surface area contributed by atoms with Gasteiger partial charge in [-0.2, -0.15) is 0 Å². The van der Waals surface area contributed by atoms with E-state index in [1.54, 1.807) is 12.1 Å². The summed E-state index contributed by atoms with van der Waals surface area (Å²) in [6.07, 6.45) is 5.29. The lowest BCUT2D eigenvalue weighted by Gasteiger charge is -2.16. The molecule has 104 valence electrons. The normalized spacial score (nSPS) is 19.7. The fourth-order valence-corrected chi connectivity index (χ4v) is 2.80. The number of nitrogens with zero attached hydrogens (tertiary/aromatic N) is 1. The zero-order chi connectivity index (χ0) is 13.7. The molecule has 1 fully saturated rings. The third-order valence-corrected chi connectivity index (χ3v) is 3.94. The Balaban J connectivity index is 1.83. The van der Waals surface area contributed by atoms with E-state index in [2.05, 4.69) is 11.8 Å². The van der Waals surface area contributed by atoms with Crippen molar-refractivity contribution in [2.75, 3.05) is 13.1 Å². The Morgan fingerprint density at radius 1 is 1.37 bits per heavy atom. The molecule has 19 heavy (non-hydrogen) atoms. The second-order valence-electron chi connectivity index (χ2n) is 5.53. The molecule has 1 aliphatic heterocycles. The Hall–Kier alpha value is -1.35. The highest BCUT2D eigenvalue weighted by molar-refractivity contribution is 5.87. The van der Waals surface area contributed by atoms with E-state index in [-0.39, 0.29) is 0 Å². The van der Waals surface area contributed by atoms with E-state index in [0.29, 0.717) is 5.56 Å². The van der Waals surface area contributed by atoms with Crippen molar-refractivity contribution in [2.24, 2.45) is 5.92 Å². The second-order valence-corrected chi connectivity index (χ2v) is 5.53. The minimum atomic E-state index is -0.854. The minimum Gasteiger partial charge on any atom is -0.478 e. The minimum absolute atomic E-state index is 0.367. The van der Waals surface area contributed by atoms with E-state index in [1.807, 2.05) is 12.1 Å². The van der Waals surface area contributed by atoms with Gasteiger partial charge in [-0.15, -0.1) is 0 Å². The number of carboxylic acids is 1. The molecule has 1 unspecified atom stereocenters. The van der Waals surface area contributed by atoms with Gasteiger partial charge in [-0.3, -0.25) is 4.90 Å². The first-order valence-corrected chi connectivity index (χ1v) is 7.23. The zero-order valence-electron chi connectivity index (χ0n) is 11.6. The first-order chi connectivity index (χ1) is 9.19. The van der Waals surface area contributed by atoms with Gasteiger partial charge in [-0.25, -0.2) is 4.79 Å². The average molecular weight is 261 g/mol. The highest BCUT2D eigenvalue weighted by atomic mass is 16.4. The predicted molar refractivity (Wildman–Crippen MR) is 76.3 cm³/mol. The number of carboxylic acid groups (broad SMARTS) is 1. The molecule has 3 heteroatoms. The average Bonchev–Trinajstić information content (AvgIpc) is 2.84. The molecule has 1 saturated heterocycles. The number of rotatable bonds is 6. The molecule has 0 aromatic heterocycles. The molecule has 1 heterocycles. The predicted octanol–water partition coefficient (Wildman–Crippen LogP) is 3.40. The van der Waals surface area contributed by atoms with Crippen LogP contribution in [0.25, 0.3) is 0 Å². The van der Waals surface area contributed by atoms with Gasteiger partial charge in [0.25, 0.3) is 0 Å². The summed E-state index contributed by atoms with van der Waals surface area (Å²) in [5.74, 6) is 0.00518. The van der Waals surface area contributed by atoms with Gasteiger partial charge in [0.1, 0.15) is 0 Å². The Morgan fingerprint density at radius 3 is 2.74 bits per heavy atom. The number of unbranched alkanes of at least 4 members (excludes halogenated alkanes) is 1. The summed E-state index contributed by atoms with van der Waals surface area (Å²) in [4.78, 5) is 13.3. The van der Waals surface area contributed by atoms with Crippen molar-refractivity contribution in [1.82, 2.24) is 4.90 Å². The lowest BCUT2D eigenvalue weighted by Crippen LogP contribution is -2.20. The molecule has 0 bridgehead atoms. The quantitative estimate of drug-likeness (QED) is 0.853. The third-order valence-electron chi connectivity index (χ3n) is 3.94. The van der Waals surface area contributed by atoms with Crippen LogP contribution in [0.1, 0.15) is 48.5 Å². The van der Waals surface area contributed by atoms with Crippen LogP contribution in [0.5, 0.6) is 0 Å². The van der Waals surface area contributed by atoms with Gasteiger partial charge in [0, 0.05) is 13.1 Å². The van der Waals surface area contributed by atoms with Gasteiger partial charge in [-0.05, 0) is 43.0 Å². The summed E-state index contributed by atoms with van der Waals surface area (Å²) in [5.41, 5.74) is 1.58. The zero-order valence-corrected chi connectivity index (χ0v) is 11.6. The van der Waals surface area contributed by atoms with Gasteiger partial charge in [0.2, 0.25) is 0 Å². The van der Waals surface area contributed by atoms with E-state index in [9.17, 15) is 4.79 Å². The molecule has 1 aliphatic rings. The summed E-state index contributed by atoms with van der Waals surface area (Å²) >= 11 is 0. The van der Waals surface area contributed by atoms with Gasteiger partial charge in [-0.1, -0.05) is 31.9 Å². The van der Waals surface area contributed by atoms with Crippen molar-refractivity contribution in [1.29, 1.82) is 0 Å². The topological polar surface area (TPSA) is 40.5 Å². The molecular formula is C16H23NO2. The molecule has 3 nitrogen and oxygen atoms in total. The molecule has 2 rings (SSSR count). The highest BCUT2D eigenvalue weighted by Crippen LogP contribution is 2.23. The Morgan fingerprint density at radius 2 is 2.11 bits per heavy atom. The largest absolute Gasteiger partial charge is 0.478 e. The summed E-state index contributed by atoms with van der Waals surface area (Å²) in [6.45, 7) is 5.56. The second kappa shape index (κ2) is 6.71. The standard InChI is InChI=1S/C16H23NO2/c1-2-3-4-13-9-10-17(11-13)12-14-5-7-15(8-6-14)16(18)19/h5-8,13H,2-4,9-12H2,1H3,(H,18,19). The van der Waals surface area contributed by atoms with Crippen molar-refractivity contribution in [3.8, 4) is 0 Å². The van der Waals surface area contributed by atoms with E-state index < -0.39 is 5.97 Å². The van der Waals surface area contributed by atoms with E-state index in [0.717, 1.165) is 12.5 Å². The maximum absolute atomic E-state index is 10.8. The first-order valence-electron chi connectivity index (χ1n) is 7.23. The fraction of sp³-hybridized carbons (Fsp3) is 0.562. The molecule has 0 amide bonds. The van der Waals surface area contributed by atoms with Crippen LogP contribution in [-0.4, -0.2) is 29.1 Å². The smallest absolute Gasteiger partial charge is 0.335 e. The lowest BCUT2D eigenvalue weighted by molar-refractivity contribution is 0.0697. The summed E-state index contributed by atoms with van der Waals surface area (Å²) in [7, 11) is 0. The number of hydrogen-bond acceptors (Lipinski definition) is 2. The van der Waals surface area contributed by atoms with Crippen molar-refractivity contribution in [3.05, 3.63) is 35.4 Å². The highest BCUT2D eigenvalue weighted by Gasteiger charge is 2.21.